The van der Waals surface area contributed by atoms with Gasteiger partial charge in [0.25, 0.3) is 5.91 Å². The predicted molar refractivity (Wildman–Crippen MR) is 84.2 cm³/mol. The summed E-state index contributed by atoms with van der Waals surface area (Å²) in [7, 11) is 0. The Balaban J connectivity index is 1.85. The number of fused-ring (bicyclic) bond motifs is 1. The van der Waals surface area contributed by atoms with E-state index >= 15 is 0 Å². The second-order valence-electron chi connectivity index (χ2n) is 5.06. The monoisotopic (exact) mass is 302 g/mol. The molecule has 0 bridgehead atoms. The Morgan fingerprint density at radius 1 is 1.33 bits per heavy atom. The second kappa shape index (κ2) is 5.30. The summed E-state index contributed by atoms with van der Waals surface area (Å²) in [5.74, 6) is 0.687. The molecule has 1 heterocycles. The average Bonchev–Trinajstić information content (AvgIpc) is 2.92. The van der Waals surface area contributed by atoms with Crippen LogP contribution in [-0.2, 0) is 6.42 Å². The van der Waals surface area contributed by atoms with Crippen molar-refractivity contribution in [1.29, 1.82) is 0 Å². The SMILES string of the molecule is Cc1cc(N)c(Cl)cc1NC(=O)c1ccc2c(c1)CCO2. The van der Waals surface area contributed by atoms with Crippen LogP contribution >= 0.6 is 11.6 Å². The van der Waals surface area contributed by atoms with Gasteiger partial charge in [-0.25, -0.2) is 0 Å². The van der Waals surface area contributed by atoms with Crippen LogP contribution in [0.4, 0.5) is 11.4 Å². The van der Waals surface area contributed by atoms with Crippen molar-refractivity contribution in [1.82, 2.24) is 0 Å². The molecule has 0 atom stereocenters. The molecule has 21 heavy (non-hydrogen) atoms. The van der Waals surface area contributed by atoms with Gasteiger partial charge in [-0.1, -0.05) is 11.6 Å². The molecular formula is C16H15ClN2O2. The highest BCUT2D eigenvalue weighted by atomic mass is 35.5. The Bertz CT molecular complexity index is 728. The number of nitrogens with two attached hydrogens (primary N) is 1. The van der Waals surface area contributed by atoms with E-state index < -0.39 is 0 Å². The van der Waals surface area contributed by atoms with Gasteiger partial charge in [0.2, 0.25) is 0 Å². The molecule has 3 N–H and O–H groups in total. The summed E-state index contributed by atoms with van der Waals surface area (Å²) >= 11 is 6.00. The number of benzene rings is 2. The van der Waals surface area contributed by atoms with Gasteiger partial charge in [0.1, 0.15) is 5.75 Å². The molecular weight excluding hydrogens is 288 g/mol. The normalized spacial score (nSPS) is 12.7. The third-order valence-electron chi connectivity index (χ3n) is 3.54. The van der Waals surface area contributed by atoms with Gasteiger partial charge >= 0.3 is 0 Å². The zero-order chi connectivity index (χ0) is 15.0. The van der Waals surface area contributed by atoms with Crippen molar-refractivity contribution in [2.45, 2.75) is 13.3 Å². The molecule has 0 unspecified atom stereocenters. The highest BCUT2D eigenvalue weighted by Crippen LogP contribution is 2.28. The van der Waals surface area contributed by atoms with Gasteiger partial charge in [-0.2, -0.15) is 0 Å². The molecule has 2 aromatic carbocycles. The van der Waals surface area contributed by atoms with Gasteiger partial charge in [-0.15, -0.1) is 0 Å². The van der Waals surface area contributed by atoms with Crippen molar-refractivity contribution in [3.8, 4) is 5.75 Å². The predicted octanol–water partition coefficient (Wildman–Crippen LogP) is 3.42. The van der Waals surface area contributed by atoms with Crippen molar-refractivity contribution < 1.29 is 9.53 Å². The Kier molecular flexibility index (Phi) is 3.47. The van der Waals surface area contributed by atoms with E-state index in [2.05, 4.69) is 5.32 Å². The van der Waals surface area contributed by atoms with Gasteiger partial charge < -0.3 is 15.8 Å². The van der Waals surface area contributed by atoms with Crippen LogP contribution in [0.3, 0.4) is 0 Å². The summed E-state index contributed by atoms with van der Waals surface area (Å²) in [4.78, 5) is 12.3. The summed E-state index contributed by atoms with van der Waals surface area (Å²) in [5.41, 5.74) is 9.44. The molecule has 0 saturated carbocycles. The molecule has 3 rings (SSSR count). The molecule has 1 aliphatic heterocycles. The maximum Gasteiger partial charge on any atom is 0.255 e. The van der Waals surface area contributed by atoms with Crippen molar-refractivity contribution in [3.05, 3.63) is 52.0 Å². The standard InChI is InChI=1S/C16H15ClN2O2/c1-9-6-13(18)12(17)8-14(9)19-16(20)11-2-3-15-10(7-11)4-5-21-15/h2-3,6-8H,4-5,18H2,1H3,(H,19,20). The lowest BCUT2D eigenvalue weighted by Crippen LogP contribution is -2.13. The molecule has 1 amide bonds. The maximum absolute atomic E-state index is 12.3. The molecule has 2 aromatic rings. The number of carbonyl (C=O) groups excluding carboxylic acids is 1. The third kappa shape index (κ3) is 2.67. The van der Waals surface area contributed by atoms with Crippen LogP contribution in [0.25, 0.3) is 0 Å². The number of carbonyl (C=O) groups is 1. The van der Waals surface area contributed by atoms with E-state index in [1.54, 1.807) is 18.2 Å². The smallest absolute Gasteiger partial charge is 0.255 e. The first-order valence-electron chi connectivity index (χ1n) is 6.67. The summed E-state index contributed by atoms with van der Waals surface area (Å²) in [6.07, 6.45) is 0.836. The van der Waals surface area contributed by atoms with E-state index in [1.807, 2.05) is 19.1 Å². The molecule has 108 valence electrons. The van der Waals surface area contributed by atoms with Gasteiger partial charge in [0.15, 0.2) is 0 Å². The lowest BCUT2D eigenvalue weighted by Gasteiger charge is -2.11. The first-order chi connectivity index (χ1) is 10.0. The van der Waals surface area contributed by atoms with Crippen LogP contribution < -0.4 is 15.8 Å². The minimum Gasteiger partial charge on any atom is -0.493 e. The highest BCUT2D eigenvalue weighted by Gasteiger charge is 2.16. The van der Waals surface area contributed by atoms with E-state index in [0.29, 0.717) is 28.6 Å². The zero-order valence-corrected chi connectivity index (χ0v) is 12.3. The molecule has 0 radical (unpaired) electrons. The lowest BCUT2D eigenvalue weighted by molar-refractivity contribution is 0.102. The van der Waals surface area contributed by atoms with Crippen molar-refractivity contribution >= 4 is 28.9 Å². The molecule has 4 nitrogen and oxygen atoms in total. The average molecular weight is 303 g/mol. The number of anilines is 2. The second-order valence-corrected chi connectivity index (χ2v) is 5.47. The largest absolute Gasteiger partial charge is 0.493 e. The lowest BCUT2D eigenvalue weighted by atomic mass is 10.1. The van der Waals surface area contributed by atoms with E-state index in [4.69, 9.17) is 22.1 Å². The molecule has 0 saturated heterocycles. The quantitative estimate of drug-likeness (QED) is 0.836. The number of hydrogen-bond donors (Lipinski definition) is 2. The molecule has 1 aliphatic rings. The fourth-order valence-corrected chi connectivity index (χ4v) is 2.52. The molecule has 0 aliphatic carbocycles. The summed E-state index contributed by atoms with van der Waals surface area (Å²) < 4.78 is 5.44. The number of nitrogen functional groups attached to an aromatic ring is 1. The van der Waals surface area contributed by atoms with Crippen molar-refractivity contribution in [2.75, 3.05) is 17.7 Å². The fraction of sp³-hybridized carbons (Fsp3) is 0.188. The van der Waals surface area contributed by atoms with E-state index in [1.165, 1.54) is 0 Å². The number of rotatable bonds is 2. The highest BCUT2D eigenvalue weighted by molar-refractivity contribution is 6.33. The minimum atomic E-state index is -0.173. The molecule has 0 spiro atoms. The number of nitrogens with one attached hydrogen (secondary N) is 1. The summed E-state index contributed by atoms with van der Waals surface area (Å²) in [6, 6.07) is 8.87. The fourth-order valence-electron chi connectivity index (χ4n) is 2.36. The van der Waals surface area contributed by atoms with Crippen LogP contribution in [0.2, 0.25) is 5.02 Å². The van der Waals surface area contributed by atoms with Crippen LogP contribution in [0.15, 0.2) is 30.3 Å². The van der Waals surface area contributed by atoms with Crippen LogP contribution in [0.5, 0.6) is 5.75 Å². The molecule has 0 fully saturated rings. The Morgan fingerprint density at radius 3 is 2.95 bits per heavy atom. The first-order valence-corrected chi connectivity index (χ1v) is 7.05. The third-order valence-corrected chi connectivity index (χ3v) is 3.87. The van der Waals surface area contributed by atoms with E-state index in [0.717, 1.165) is 23.3 Å². The number of hydrogen-bond acceptors (Lipinski definition) is 3. The Labute approximate surface area is 127 Å². The topological polar surface area (TPSA) is 64.3 Å². The van der Waals surface area contributed by atoms with Crippen molar-refractivity contribution in [3.63, 3.8) is 0 Å². The van der Waals surface area contributed by atoms with Crippen LogP contribution in [0.1, 0.15) is 21.5 Å². The van der Waals surface area contributed by atoms with Gasteiger partial charge in [0, 0.05) is 17.7 Å². The van der Waals surface area contributed by atoms with E-state index in [-0.39, 0.29) is 5.91 Å². The Morgan fingerprint density at radius 2 is 2.14 bits per heavy atom. The minimum absolute atomic E-state index is 0.173. The molecule has 5 heteroatoms. The first kappa shape index (κ1) is 13.8. The molecule has 0 aromatic heterocycles. The Hall–Kier alpha value is -2.20. The zero-order valence-electron chi connectivity index (χ0n) is 11.6. The maximum atomic E-state index is 12.3. The van der Waals surface area contributed by atoms with Crippen LogP contribution in [0, 0.1) is 6.92 Å². The number of ether oxygens (including phenoxy) is 1. The number of aryl methyl sites for hydroxylation is 1. The number of halogens is 1. The van der Waals surface area contributed by atoms with Gasteiger partial charge in [-0.05, 0) is 48.4 Å². The summed E-state index contributed by atoms with van der Waals surface area (Å²) in [5, 5.41) is 3.29. The van der Waals surface area contributed by atoms with Crippen LogP contribution in [-0.4, -0.2) is 12.5 Å². The van der Waals surface area contributed by atoms with E-state index in [9.17, 15) is 4.79 Å². The van der Waals surface area contributed by atoms with Crippen molar-refractivity contribution in [2.24, 2.45) is 0 Å². The summed E-state index contributed by atoms with van der Waals surface area (Å²) in [6.45, 7) is 2.55. The van der Waals surface area contributed by atoms with Gasteiger partial charge in [0.05, 0.1) is 17.3 Å². The number of amides is 1. The van der Waals surface area contributed by atoms with Gasteiger partial charge in [-0.3, -0.25) is 4.79 Å².